The predicted molar refractivity (Wildman–Crippen MR) is 59.9 cm³/mol. The molecule has 2 nitrogen and oxygen atoms in total. The summed E-state index contributed by atoms with van der Waals surface area (Å²) in [4.78, 5) is 0. The van der Waals surface area contributed by atoms with Crippen LogP contribution in [0.25, 0.3) is 0 Å². The molecule has 6 heteroatoms. The van der Waals surface area contributed by atoms with Crippen LogP contribution in [0.2, 0.25) is 0 Å². The minimum absolute atomic E-state index is 0.0416. The van der Waals surface area contributed by atoms with Gasteiger partial charge < -0.3 is 10.5 Å². The van der Waals surface area contributed by atoms with Crippen molar-refractivity contribution in [3.05, 3.63) is 29.6 Å². The predicted octanol–water partition coefficient (Wildman–Crippen LogP) is 3.18. The first kappa shape index (κ1) is 14.8. The first-order chi connectivity index (χ1) is 8.25. The van der Waals surface area contributed by atoms with E-state index in [-0.39, 0.29) is 17.7 Å². The molecule has 0 aliphatic heterocycles. The third kappa shape index (κ3) is 3.60. The Morgan fingerprint density at radius 2 is 1.94 bits per heavy atom. The van der Waals surface area contributed by atoms with Crippen LogP contribution >= 0.6 is 0 Å². The Morgan fingerprint density at radius 3 is 2.39 bits per heavy atom. The van der Waals surface area contributed by atoms with Crippen molar-refractivity contribution < 1.29 is 22.3 Å². The van der Waals surface area contributed by atoms with Crippen molar-refractivity contribution in [1.82, 2.24) is 0 Å². The molecule has 1 aromatic rings. The lowest BCUT2D eigenvalue weighted by atomic mass is 10.1. The Balaban J connectivity index is 2.93. The molecule has 0 heterocycles. The van der Waals surface area contributed by atoms with Crippen LogP contribution in [0.5, 0.6) is 5.75 Å². The molecule has 1 aromatic carbocycles. The molecule has 102 valence electrons. The van der Waals surface area contributed by atoms with Gasteiger partial charge in [-0.25, -0.2) is 4.39 Å². The van der Waals surface area contributed by atoms with E-state index in [1.807, 2.05) is 0 Å². The number of rotatable bonds is 4. The van der Waals surface area contributed by atoms with Crippen molar-refractivity contribution in [3.8, 4) is 5.75 Å². The maximum absolute atomic E-state index is 13.0. The highest BCUT2D eigenvalue weighted by Gasteiger charge is 2.45. The average Bonchev–Trinajstić information content (AvgIpc) is 2.28. The lowest BCUT2D eigenvalue weighted by Gasteiger charge is -2.26. The Kier molecular flexibility index (Phi) is 4.56. The smallest absolute Gasteiger partial charge is 0.426 e. The van der Waals surface area contributed by atoms with E-state index in [9.17, 15) is 17.6 Å². The fraction of sp³-hybridized carbons (Fsp3) is 0.500. The molecule has 0 radical (unpaired) electrons. The number of nitrogens with two attached hydrogens (primary N) is 1. The molecule has 0 aliphatic carbocycles. The number of hydrogen-bond acceptors (Lipinski definition) is 2. The molecule has 2 N–H and O–H groups in total. The number of alkyl halides is 3. The van der Waals surface area contributed by atoms with Gasteiger partial charge in [0.05, 0.1) is 6.04 Å². The van der Waals surface area contributed by atoms with E-state index in [1.165, 1.54) is 13.0 Å². The first-order valence-electron chi connectivity index (χ1n) is 5.50. The van der Waals surface area contributed by atoms with Crippen molar-refractivity contribution in [2.75, 3.05) is 0 Å². The van der Waals surface area contributed by atoms with E-state index in [4.69, 9.17) is 10.5 Å². The molecule has 1 rings (SSSR count). The first-order valence-corrected chi connectivity index (χ1v) is 5.50. The lowest BCUT2D eigenvalue weighted by Crippen LogP contribution is -2.48. The van der Waals surface area contributed by atoms with Crippen molar-refractivity contribution >= 4 is 0 Å². The average molecular weight is 265 g/mol. The number of benzene rings is 1. The largest absolute Gasteiger partial charge is 0.479 e. The molecular formula is C12H15F4NO. The lowest BCUT2D eigenvalue weighted by molar-refractivity contribution is -0.200. The topological polar surface area (TPSA) is 35.2 Å². The summed E-state index contributed by atoms with van der Waals surface area (Å²) in [5.74, 6) is -0.536. The molecule has 2 unspecified atom stereocenters. The Hall–Kier alpha value is -1.30. The van der Waals surface area contributed by atoms with Gasteiger partial charge in [-0.2, -0.15) is 13.2 Å². The summed E-state index contributed by atoms with van der Waals surface area (Å²) in [6.07, 6.45) is -6.52. The summed E-state index contributed by atoms with van der Waals surface area (Å²) in [5.41, 5.74) is 5.62. The summed E-state index contributed by atoms with van der Waals surface area (Å²) < 4.78 is 56.1. The van der Waals surface area contributed by atoms with Gasteiger partial charge in [-0.3, -0.25) is 0 Å². The summed E-state index contributed by atoms with van der Waals surface area (Å²) in [6.45, 7) is 2.99. The zero-order valence-electron chi connectivity index (χ0n) is 10.1. The van der Waals surface area contributed by atoms with Gasteiger partial charge in [0.1, 0.15) is 11.6 Å². The molecule has 0 saturated carbocycles. The number of halogens is 4. The van der Waals surface area contributed by atoms with Crippen molar-refractivity contribution in [1.29, 1.82) is 0 Å². The summed E-state index contributed by atoms with van der Waals surface area (Å²) >= 11 is 0. The third-order valence-electron chi connectivity index (χ3n) is 2.58. The SMILES string of the molecule is CCC(N)C(Oc1ccc(F)c(C)c1)C(F)(F)F. The molecule has 0 amide bonds. The summed E-state index contributed by atoms with van der Waals surface area (Å²) in [5, 5.41) is 0. The molecule has 0 bridgehead atoms. The number of hydrogen-bond donors (Lipinski definition) is 1. The van der Waals surface area contributed by atoms with Crippen LogP contribution < -0.4 is 10.5 Å². The Bertz CT molecular complexity index is 406. The third-order valence-corrected chi connectivity index (χ3v) is 2.58. The van der Waals surface area contributed by atoms with Gasteiger partial charge in [0.2, 0.25) is 6.10 Å². The minimum atomic E-state index is -4.56. The maximum Gasteiger partial charge on any atom is 0.426 e. The van der Waals surface area contributed by atoms with Gasteiger partial charge in [-0.15, -0.1) is 0 Å². The van der Waals surface area contributed by atoms with Crippen LogP contribution in [0.3, 0.4) is 0 Å². The fourth-order valence-corrected chi connectivity index (χ4v) is 1.45. The zero-order chi connectivity index (χ0) is 13.9. The fourth-order valence-electron chi connectivity index (χ4n) is 1.45. The van der Waals surface area contributed by atoms with Crippen molar-refractivity contribution in [2.45, 2.75) is 38.6 Å². The quantitative estimate of drug-likeness (QED) is 0.848. The van der Waals surface area contributed by atoms with E-state index in [0.29, 0.717) is 0 Å². The molecule has 0 fully saturated rings. The highest BCUT2D eigenvalue weighted by Crippen LogP contribution is 2.28. The Morgan fingerprint density at radius 1 is 1.33 bits per heavy atom. The van der Waals surface area contributed by atoms with E-state index in [2.05, 4.69) is 0 Å². The second kappa shape index (κ2) is 5.56. The van der Waals surface area contributed by atoms with E-state index in [1.54, 1.807) is 6.92 Å². The number of ether oxygens (including phenoxy) is 1. The van der Waals surface area contributed by atoms with E-state index >= 15 is 0 Å². The molecule has 0 aliphatic rings. The van der Waals surface area contributed by atoms with Gasteiger partial charge >= 0.3 is 6.18 Å². The summed E-state index contributed by atoms with van der Waals surface area (Å²) in [7, 11) is 0. The van der Waals surface area contributed by atoms with Crippen LogP contribution in [0.4, 0.5) is 17.6 Å². The highest BCUT2D eigenvalue weighted by molar-refractivity contribution is 5.29. The Labute approximate surface area is 103 Å². The standard InChI is InChI=1S/C12H15F4NO/c1-3-10(17)11(12(14,15)16)18-8-4-5-9(13)7(2)6-8/h4-6,10-11H,3,17H2,1-2H3. The van der Waals surface area contributed by atoms with Gasteiger partial charge in [0, 0.05) is 0 Å². The highest BCUT2D eigenvalue weighted by atomic mass is 19.4. The monoisotopic (exact) mass is 265 g/mol. The van der Waals surface area contributed by atoms with Gasteiger partial charge in [0.15, 0.2) is 0 Å². The maximum atomic E-state index is 13.0. The van der Waals surface area contributed by atoms with Crippen LogP contribution in [-0.4, -0.2) is 18.3 Å². The van der Waals surface area contributed by atoms with Gasteiger partial charge in [0.25, 0.3) is 0 Å². The van der Waals surface area contributed by atoms with Gasteiger partial charge in [-0.1, -0.05) is 6.92 Å². The van der Waals surface area contributed by atoms with Crippen LogP contribution in [0.1, 0.15) is 18.9 Å². The summed E-state index contributed by atoms with van der Waals surface area (Å²) in [6, 6.07) is 2.28. The minimum Gasteiger partial charge on any atom is -0.479 e. The molecule has 0 saturated heterocycles. The van der Waals surface area contributed by atoms with Crippen molar-refractivity contribution in [3.63, 3.8) is 0 Å². The van der Waals surface area contributed by atoms with Gasteiger partial charge in [-0.05, 0) is 37.1 Å². The van der Waals surface area contributed by atoms with Crippen LogP contribution in [0, 0.1) is 12.7 Å². The second-order valence-corrected chi connectivity index (χ2v) is 4.06. The van der Waals surface area contributed by atoms with Crippen LogP contribution in [0.15, 0.2) is 18.2 Å². The second-order valence-electron chi connectivity index (χ2n) is 4.06. The van der Waals surface area contributed by atoms with E-state index in [0.717, 1.165) is 12.1 Å². The molecular weight excluding hydrogens is 250 g/mol. The van der Waals surface area contributed by atoms with Crippen molar-refractivity contribution in [2.24, 2.45) is 5.73 Å². The molecule has 2 atom stereocenters. The molecule has 0 spiro atoms. The molecule has 0 aromatic heterocycles. The zero-order valence-corrected chi connectivity index (χ0v) is 10.1. The van der Waals surface area contributed by atoms with Crippen LogP contribution in [-0.2, 0) is 0 Å². The van der Waals surface area contributed by atoms with E-state index < -0.39 is 24.1 Å². The molecule has 18 heavy (non-hydrogen) atoms. The number of aryl methyl sites for hydroxylation is 1. The normalized spacial score (nSPS) is 15.3.